The zero-order chi connectivity index (χ0) is 21.9. The van der Waals surface area contributed by atoms with Crippen molar-refractivity contribution in [2.24, 2.45) is 0 Å². The van der Waals surface area contributed by atoms with Crippen molar-refractivity contribution in [3.05, 3.63) is 72.0 Å². The Balaban J connectivity index is 0.00000111. The summed E-state index contributed by atoms with van der Waals surface area (Å²) in [5.74, 6) is -0.842. The number of aromatic nitrogens is 2. The van der Waals surface area contributed by atoms with Crippen molar-refractivity contribution in [2.75, 3.05) is 0 Å². The quantitative estimate of drug-likeness (QED) is 0.799. The Morgan fingerprint density at radius 3 is 2.77 bits per heavy atom. The fourth-order valence-electron chi connectivity index (χ4n) is 2.92. The second kappa shape index (κ2) is 8.44. The number of alkyl halides is 3. The number of imidazole rings is 1. The fraction of sp³-hybridized carbons (Fsp3) is 0.250. The lowest BCUT2D eigenvalue weighted by molar-refractivity contribution is -0.137. The minimum Gasteiger partial charge on any atom is -0.357 e. The molecule has 0 saturated heterocycles. The lowest BCUT2D eigenvalue weighted by atomic mass is 10.2. The predicted octanol–water partition coefficient (Wildman–Crippen LogP) is 2.97. The van der Waals surface area contributed by atoms with Crippen LogP contribution in [0.3, 0.4) is 0 Å². The molecule has 10 heteroatoms. The maximum absolute atomic E-state index is 12.8. The van der Waals surface area contributed by atoms with Crippen molar-refractivity contribution >= 4 is 17.5 Å². The van der Waals surface area contributed by atoms with Gasteiger partial charge in [0.2, 0.25) is 0 Å². The predicted molar refractivity (Wildman–Crippen MR) is 106 cm³/mol. The Labute approximate surface area is 172 Å². The highest BCUT2D eigenvalue weighted by atomic mass is 19.4. The SMILES string of the molecule is CC.O=C(NCc1cn2cc(C(F)(F)F)ccc2n1)C1=CC(=O)N2C=CC=CC2N1.[HH]. The molecule has 2 amide bonds. The Morgan fingerprint density at radius 1 is 1.27 bits per heavy atom. The molecule has 0 radical (unpaired) electrons. The van der Waals surface area contributed by atoms with Crippen LogP contribution in [0.25, 0.3) is 5.65 Å². The van der Waals surface area contributed by atoms with Crippen molar-refractivity contribution in [1.29, 1.82) is 0 Å². The number of nitrogens with zero attached hydrogens (tertiary/aromatic N) is 3. The summed E-state index contributed by atoms with van der Waals surface area (Å²) in [4.78, 5) is 30.1. The molecule has 0 spiro atoms. The molecule has 1 unspecified atom stereocenters. The van der Waals surface area contributed by atoms with Crippen LogP contribution in [0.5, 0.6) is 0 Å². The van der Waals surface area contributed by atoms with Crippen LogP contribution < -0.4 is 10.6 Å². The molecule has 7 nitrogen and oxygen atoms in total. The molecule has 4 rings (SSSR count). The Hall–Kier alpha value is -3.56. The minimum absolute atomic E-state index is 0. The first kappa shape index (κ1) is 21.2. The molecule has 0 bridgehead atoms. The smallest absolute Gasteiger partial charge is 0.357 e. The lowest BCUT2D eigenvalue weighted by Gasteiger charge is -2.33. The number of carbonyl (C=O) groups excluding carboxylic acids is 2. The molecule has 2 aromatic rings. The average Bonchev–Trinajstić information content (AvgIpc) is 3.15. The second-order valence-corrected chi connectivity index (χ2v) is 6.22. The summed E-state index contributed by atoms with van der Waals surface area (Å²) in [6.45, 7) is 4.00. The number of amides is 2. The van der Waals surface area contributed by atoms with Gasteiger partial charge in [-0.25, -0.2) is 4.98 Å². The molecule has 0 saturated carbocycles. The van der Waals surface area contributed by atoms with Gasteiger partial charge < -0.3 is 15.0 Å². The third-order valence-corrected chi connectivity index (χ3v) is 4.28. The number of carbonyl (C=O) groups is 2. The standard InChI is InChI=1S/C18H14F3N5O2.C2H6.H2/c19-18(20,21)11-4-5-14-23-12(10-25(14)9-11)8-22-17(28)13-7-16(27)26-6-2-1-3-15(26)24-13;1-2;/h1-7,9-10,15,24H,8H2,(H,22,28);1-2H3;1H. The van der Waals surface area contributed by atoms with E-state index < -0.39 is 23.8 Å². The highest BCUT2D eigenvalue weighted by Crippen LogP contribution is 2.29. The first-order valence-electron chi connectivity index (χ1n) is 9.30. The fourth-order valence-corrected chi connectivity index (χ4v) is 2.92. The van der Waals surface area contributed by atoms with Crippen LogP contribution >= 0.6 is 0 Å². The number of allylic oxidation sites excluding steroid dienone is 2. The summed E-state index contributed by atoms with van der Waals surface area (Å²) in [6.07, 6.45) is 5.46. The lowest BCUT2D eigenvalue weighted by Crippen LogP contribution is -2.51. The van der Waals surface area contributed by atoms with E-state index in [2.05, 4.69) is 15.6 Å². The molecular weight excluding hydrogens is 399 g/mol. The largest absolute Gasteiger partial charge is 0.417 e. The van der Waals surface area contributed by atoms with Crippen molar-refractivity contribution in [2.45, 2.75) is 32.7 Å². The van der Waals surface area contributed by atoms with Gasteiger partial charge in [-0.2, -0.15) is 13.2 Å². The molecule has 2 aromatic heterocycles. The van der Waals surface area contributed by atoms with Gasteiger partial charge >= 0.3 is 6.18 Å². The third-order valence-electron chi connectivity index (χ3n) is 4.28. The first-order valence-corrected chi connectivity index (χ1v) is 9.30. The average molecular weight is 421 g/mol. The molecule has 2 N–H and O–H groups in total. The van der Waals surface area contributed by atoms with E-state index in [-0.39, 0.29) is 19.6 Å². The van der Waals surface area contributed by atoms with E-state index in [1.807, 2.05) is 13.8 Å². The zero-order valence-corrected chi connectivity index (χ0v) is 16.3. The van der Waals surface area contributed by atoms with Crippen LogP contribution in [0.4, 0.5) is 13.2 Å². The van der Waals surface area contributed by atoms with Gasteiger partial charge in [0.15, 0.2) is 0 Å². The zero-order valence-electron chi connectivity index (χ0n) is 16.3. The number of rotatable bonds is 3. The van der Waals surface area contributed by atoms with E-state index in [1.165, 1.54) is 27.6 Å². The van der Waals surface area contributed by atoms with Crippen LogP contribution in [0, 0.1) is 0 Å². The van der Waals surface area contributed by atoms with Gasteiger partial charge in [-0.3, -0.25) is 14.5 Å². The van der Waals surface area contributed by atoms with Crippen LogP contribution in [0.1, 0.15) is 26.5 Å². The molecule has 30 heavy (non-hydrogen) atoms. The molecular formula is C20H22F3N5O2. The molecule has 160 valence electrons. The minimum atomic E-state index is -4.45. The summed E-state index contributed by atoms with van der Waals surface area (Å²) >= 11 is 0. The second-order valence-electron chi connectivity index (χ2n) is 6.22. The Bertz CT molecular complexity index is 1060. The van der Waals surface area contributed by atoms with Gasteiger partial charge in [-0.1, -0.05) is 19.9 Å². The van der Waals surface area contributed by atoms with Crippen molar-refractivity contribution in [3.63, 3.8) is 0 Å². The van der Waals surface area contributed by atoms with Crippen LogP contribution in [0.15, 0.2) is 60.7 Å². The highest BCUT2D eigenvalue weighted by molar-refractivity contribution is 6.02. The molecule has 1 atom stereocenters. The maximum atomic E-state index is 12.8. The molecule has 4 heterocycles. The summed E-state index contributed by atoms with van der Waals surface area (Å²) < 4.78 is 39.6. The van der Waals surface area contributed by atoms with Gasteiger partial charge in [0.1, 0.15) is 17.5 Å². The summed E-state index contributed by atoms with van der Waals surface area (Å²) in [5.41, 5.74) is 0.0336. The summed E-state index contributed by atoms with van der Waals surface area (Å²) in [5, 5.41) is 5.55. The molecule has 0 aromatic carbocycles. The van der Waals surface area contributed by atoms with Gasteiger partial charge in [0.25, 0.3) is 11.8 Å². The van der Waals surface area contributed by atoms with E-state index in [9.17, 15) is 22.8 Å². The number of hydrogen-bond acceptors (Lipinski definition) is 4. The molecule has 0 fully saturated rings. The van der Waals surface area contributed by atoms with E-state index in [0.29, 0.717) is 11.3 Å². The van der Waals surface area contributed by atoms with E-state index in [0.717, 1.165) is 12.3 Å². The molecule has 2 aliphatic heterocycles. The number of pyridine rings is 1. The van der Waals surface area contributed by atoms with Crippen molar-refractivity contribution in [1.82, 2.24) is 24.9 Å². The molecule has 0 aliphatic carbocycles. The summed E-state index contributed by atoms with van der Waals surface area (Å²) in [6, 6.07) is 2.21. The number of nitrogens with one attached hydrogen (secondary N) is 2. The normalized spacial score (nSPS) is 17.6. The van der Waals surface area contributed by atoms with E-state index in [4.69, 9.17) is 0 Å². The maximum Gasteiger partial charge on any atom is 0.417 e. The van der Waals surface area contributed by atoms with Crippen molar-refractivity contribution < 1.29 is 24.2 Å². The number of halogens is 3. The van der Waals surface area contributed by atoms with Gasteiger partial charge in [-0.15, -0.1) is 0 Å². The number of fused-ring (bicyclic) bond motifs is 2. The van der Waals surface area contributed by atoms with Gasteiger partial charge in [0, 0.05) is 26.1 Å². The van der Waals surface area contributed by atoms with E-state index in [1.54, 1.807) is 24.4 Å². The monoisotopic (exact) mass is 421 g/mol. The van der Waals surface area contributed by atoms with Crippen LogP contribution in [-0.4, -0.2) is 32.3 Å². The van der Waals surface area contributed by atoms with Crippen molar-refractivity contribution in [3.8, 4) is 0 Å². The summed E-state index contributed by atoms with van der Waals surface area (Å²) in [7, 11) is 0. The van der Waals surface area contributed by atoms with Gasteiger partial charge in [-0.05, 0) is 24.3 Å². The topological polar surface area (TPSA) is 78.7 Å². The van der Waals surface area contributed by atoms with Crippen LogP contribution in [-0.2, 0) is 22.3 Å². The Morgan fingerprint density at radius 2 is 2.03 bits per heavy atom. The Kier molecular flexibility index (Phi) is 5.95. The third kappa shape index (κ3) is 4.37. The number of hydrogen-bond donors (Lipinski definition) is 2. The van der Waals surface area contributed by atoms with Gasteiger partial charge in [0.05, 0.1) is 17.8 Å². The van der Waals surface area contributed by atoms with E-state index >= 15 is 0 Å². The highest BCUT2D eigenvalue weighted by Gasteiger charge is 2.31. The first-order chi connectivity index (χ1) is 14.3. The molecule has 2 aliphatic rings. The van der Waals surface area contributed by atoms with Crippen LogP contribution in [0.2, 0.25) is 0 Å².